The summed E-state index contributed by atoms with van der Waals surface area (Å²) in [6, 6.07) is 31.7. The number of rotatable bonds is 17. The van der Waals surface area contributed by atoms with Crippen LogP contribution >= 0.6 is 0 Å². The number of hydrogen-bond acceptors (Lipinski definition) is 8. The third-order valence-electron chi connectivity index (χ3n) is 11.4. The molecule has 0 unspecified atom stereocenters. The van der Waals surface area contributed by atoms with E-state index >= 15 is 4.79 Å². The Hall–Kier alpha value is -5.76. The molecule has 2 aliphatic heterocycles. The van der Waals surface area contributed by atoms with E-state index in [2.05, 4.69) is 77.2 Å². The van der Waals surface area contributed by atoms with Gasteiger partial charge in [0.2, 0.25) is 0 Å². The van der Waals surface area contributed by atoms with Gasteiger partial charge < -0.3 is 28.9 Å². The van der Waals surface area contributed by atoms with E-state index in [4.69, 9.17) is 14.2 Å². The minimum Gasteiger partial charge on any atom is -0.383 e. The van der Waals surface area contributed by atoms with Crippen molar-refractivity contribution in [2.45, 2.75) is 102 Å². The van der Waals surface area contributed by atoms with E-state index in [1.807, 2.05) is 91.1 Å². The maximum absolute atomic E-state index is 15.8. The summed E-state index contributed by atoms with van der Waals surface area (Å²) in [5.74, 6) is -1.25. The summed E-state index contributed by atoms with van der Waals surface area (Å²) in [7, 11) is 2.42. The van der Waals surface area contributed by atoms with Gasteiger partial charge in [0.25, 0.3) is 0 Å². The highest BCUT2D eigenvalue weighted by molar-refractivity contribution is 6.76. The van der Waals surface area contributed by atoms with Crippen molar-refractivity contribution < 1.29 is 23.8 Å². The Morgan fingerprint density at radius 1 is 0.871 bits per heavy atom. The molecule has 0 radical (unpaired) electrons. The average Bonchev–Trinajstić information content (AvgIpc) is 3.78. The normalized spacial score (nSPS) is 20.0. The quantitative estimate of drug-likeness (QED) is 0.0173. The zero-order chi connectivity index (χ0) is 44.0. The first-order valence-electron chi connectivity index (χ1n) is 21.3. The molecule has 4 atom stereocenters. The molecule has 2 fully saturated rings. The van der Waals surface area contributed by atoms with Crippen molar-refractivity contribution >= 4 is 36.5 Å². The number of benzene rings is 4. The highest BCUT2D eigenvalue weighted by atomic mass is 28.3. The van der Waals surface area contributed by atoms with Gasteiger partial charge in [0.15, 0.2) is 11.6 Å². The molecule has 14 heteroatoms. The predicted molar refractivity (Wildman–Crippen MR) is 244 cm³/mol. The molecule has 62 heavy (non-hydrogen) atoms. The van der Waals surface area contributed by atoms with E-state index in [0.29, 0.717) is 38.3 Å². The van der Waals surface area contributed by atoms with Crippen LogP contribution in [0, 0.1) is 0 Å². The summed E-state index contributed by atoms with van der Waals surface area (Å²) >= 11 is 0. The number of amides is 2. The van der Waals surface area contributed by atoms with Crippen molar-refractivity contribution in [3.05, 3.63) is 154 Å². The van der Waals surface area contributed by atoms with E-state index in [9.17, 15) is 10.3 Å². The average molecular weight is 855 g/mol. The molecule has 0 aliphatic carbocycles. The number of aromatic nitrogens is 2. The van der Waals surface area contributed by atoms with Gasteiger partial charge in [0.1, 0.15) is 18.9 Å². The fraction of sp³-hybridized carbons (Fsp3) is 0.396. The minimum atomic E-state index is -1.23. The fourth-order valence-corrected chi connectivity index (χ4v) is 9.09. The maximum atomic E-state index is 15.8. The lowest BCUT2D eigenvalue weighted by molar-refractivity contribution is -0.157. The van der Waals surface area contributed by atoms with E-state index in [1.165, 1.54) is 6.08 Å². The molecule has 2 amide bonds. The van der Waals surface area contributed by atoms with Gasteiger partial charge in [0, 0.05) is 75.7 Å². The topological polar surface area (TPSA) is 138 Å². The third kappa shape index (κ3) is 10.8. The molecular weight excluding hydrogens is 797 g/mol. The Kier molecular flexibility index (Phi) is 13.6. The number of ether oxygens (including phenoxy) is 3. The van der Waals surface area contributed by atoms with Gasteiger partial charge >= 0.3 is 6.03 Å². The van der Waals surface area contributed by atoms with Crippen LogP contribution in [0.25, 0.3) is 21.3 Å². The molecule has 13 nitrogen and oxygen atoms in total. The van der Waals surface area contributed by atoms with Crippen molar-refractivity contribution in [2.24, 2.45) is 5.11 Å². The summed E-state index contributed by atoms with van der Waals surface area (Å²) in [4.78, 5) is 37.9. The van der Waals surface area contributed by atoms with Crippen LogP contribution in [0.3, 0.4) is 0 Å². The third-order valence-corrected chi connectivity index (χ3v) is 13.1. The lowest BCUT2D eigenvalue weighted by Gasteiger charge is -2.37. The molecule has 7 rings (SSSR count). The summed E-state index contributed by atoms with van der Waals surface area (Å²) in [6.45, 7) is 12.4. The fourth-order valence-electron chi connectivity index (χ4n) is 8.33. The Balaban J connectivity index is 1.31. The molecule has 2 saturated heterocycles. The zero-order valence-corrected chi connectivity index (χ0v) is 37.8. The molecule has 3 heterocycles. The van der Waals surface area contributed by atoms with E-state index in [0.717, 1.165) is 33.6 Å². The number of hydrogen-bond donors (Lipinski definition) is 0. The molecule has 324 valence electrons. The van der Waals surface area contributed by atoms with Crippen molar-refractivity contribution in [1.29, 1.82) is 0 Å². The second kappa shape index (κ2) is 19.1. The second-order valence-electron chi connectivity index (χ2n) is 18.2. The minimum absolute atomic E-state index is 0.148. The molecule has 4 aromatic carbocycles. The lowest BCUT2D eigenvalue weighted by atomic mass is 9.90. The Morgan fingerprint density at radius 2 is 1.45 bits per heavy atom. The van der Waals surface area contributed by atoms with Crippen LogP contribution in [0.15, 0.2) is 121 Å². The first-order valence-corrected chi connectivity index (χ1v) is 25.0. The number of ketones is 1. The van der Waals surface area contributed by atoms with Gasteiger partial charge in [-0.3, -0.25) is 4.79 Å². The lowest BCUT2D eigenvalue weighted by Crippen LogP contribution is -2.51. The van der Waals surface area contributed by atoms with Gasteiger partial charge in [-0.05, 0) is 78.7 Å². The monoisotopic (exact) mass is 854 g/mol. The molecule has 1 aromatic heterocycles. The standard InChI is InChI=1S/C48H58N8O5Si/c1-48(2)60-45-42(28-34-14-10-8-11-15-34)54(31-36-19-21-41-38(26-36)30-50-56(41)33-59-24-25-62(5,6)7)47(58)55(43(46(45)61-48)29-35-16-12-9-13-17-35)32-37-18-20-40(51-52-49)39(27-37)44(57)22-23-53(3)4/h8-23,26-27,30,42-43,45-46H,24-25,28-29,31-33H2,1-7H3/b23-22+/t42-,43-,45+,46+/m1/s1. The van der Waals surface area contributed by atoms with Crippen LogP contribution in [0.1, 0.15) is 46.5 Å². The maximum Gasteiger partial charge on any atom is 0.321 e. The van der Waals surface area contributed by atoms with E-state index < -0.39 is 38.2 Å². The number of azide groups is 1. The first-order chi connectivity index (χ1) is 29.7. The summed E-state index contributed by atoms with van der Waals surface area (Å²) < 4.78 is 21.7. The summed E-state index contributed by atoms with van der Waals surface area (Å²) in [5.41, 5.74) is 14.6. The van der Waals surface area contributed by atoms with E-state index in [1.54, 1.807) is 23.2 Å². The number of allylic oxidation sites excluding steroid dienone is 1. The number of nitrogens with zero attached hydrogens (tertiary/aromatic N) is 8. The van der Waals surface area contributed by atoms with Crippen molar-refractivity contribution in [3.8, 4) is 0 Å². The smallest absolute Gasteiger partial charge is 0.321 e. The van der Waals surface area contributed by atoms with Gasteiger partial charge in [0.05, 0.1) is 23.8 Å². The Bertz CT molecular complexity index is 2430. The Labute approximate surface area is 365 Å². The molecular formula is C48H58N8O5Si. The van der Waals surface area contributed by atoms with Crippen LogP contribution in [-0.4, -0.2) is 95.1 Å². The van der Waals surface area contributed by atoms with Crippen LogP contribution in [0.5, 0.6) is 0 Å². The van der Waals surface area contributed by atoms with Crippen LogP contribution in [0.4, 0.5) is 10.5 Å². The van der Waals surface area contributed by atoms with Crippen molar-refractivity contribution in [3.63, 3.8) is 0 Å². The molecule has 0 saturated carbocycles. The highest BCUT2D eigenvalue weighted by Gasteiger charge is 2.55. The summed E-state index contributed by atoms with van der Waals surface area (Å²) in [5, 5.41) is 9.46. The number of urea groups is 1. The number of fused-ring (bicyclic) bond motifs is 2. The molecule has 5 aromatic rings. The predicted octanol–water partition coefficient (Wildman–Crippen LogP) is 9.73. The van der Waals surface area contributed by atoms with Crippen molar-refractivity contribution in [1.82, 2.24) is 24.5 Å². The second-order valence-corrected chi connectivity index (χ2v) is 23.8. The summed E-state index contributed by atoms with van der Waals surface area (Å²) in [6.07, 6.45) is 4.98. The first kappa shape index (κ1) is 44.3. The number of carbonyl (C=O) groups excluding carboxylic acids is 2. The SMILES string of the molecule is CN(C)/C=C/C(=O)c1cc(CN2C(=O)N(Cc3ccc4c(cnn4COCC[Si](C)(C)C)c3)[C@H](Cc3ccccc3)[C@@H]3OC(C)(C)O[C@H]3[C@H]2Cc2ccccc2)ccc1N=[N+]=[N-]. The molecule has 0 N–H and O–H groups in total. The van der Waals surface area contributed by atoms with Crippen LogP contribution in [-0.2, 0) is 46.9 Å². The van der Waals surface area contributed by atoms with E-state index in [-0.39, 0.29) is 29.6 Å². The Morgan fingerprint density at radius 3 is 2.02 bits per heavy atom. The van der Waals surface area contributed by atoms with Gasteiger partial charge in [-0.25, -0.2) is 9.48 Å². The molecule has 0 bridgehead atoms. The van der Waals surface area contributed by atoms with Gasteiger partial charge in [-0.15, -0.1) is 0 Å². The number of carbonyl (C=O) groups is 2. The van der Waals surface area contributed by atoms with Crippen LogP contribution < -0.4 is 0 Å². The van der Waals surface area contributed by atoms with Gasteiger partial charge in [-0.1, -0.05) is 104 Å². The highest BCUT2D eigenvalue weighted by Crippen LogP contribution is 2.41. The molecule has 2 aliphatic rings. The molecule has 0 spiro atoms. The largest absolute Gasteiger partial charge is 0.383 e. The van der Waals surface area contributed by atoms with Gasteiger partial charge in [-0.2, -0.15) is 5.10 Å². The zero-order valence-electron chi connectivity index (χ0n) is 36.8. The van der Waals surface area contributed by atoms with Crippen molar-refractivity contribution in [2.75, 3.05) is 20.7 Å². The van der Waals surface area contributed by atoms with Crippen LogP contribution in [0.2, 0.25) is 25.7 Å².